The quantitative estimate of drug-likeness (QED) is 0.424. The van der Waals surface area contributed by atoms with Gasteiger partial charge in [0.1, 0.15) is 11.9 Å². The van der Waals surface area contributed by atoms with Gasteiger partial charge < -0.3 is 14.2 Å². The maximum atomic E-state index is 13.3. The number of fused-ring (bicyclic) bond motifs is 5. The smallest absolute Gasteiger partial charge is 0.335 e. The highest BCUT2D eigenvalue weighted by atomic mass is 16.6. The number of carbonyl (C=O) groups excluding carboxylic acids is 3. The molecule has 0 heterocycles. The molecular weight excluding hydrogens is 420 g/mol. The molecule has 3 saturated carbocycles. The maximum Gasteiger partial charge on any atom is 0.335 e. The fourth-order valence-electron chi connectivity index (χ4n) is 8.21. The summed E-state index contributed by atoms with van der Waals surface area (Å²) in [6.07, 6.45) is 9.86. The Balaban J connectivity index is 1.50. The fraction of sp³-hybridized carbons (Fsp3) is 0.815. The van der Waals surface area contributed by atoms with Crippen LogP contribution in [0.3, 0.4) is 0 Å². The zero-order chi connectivity index (χ0) is 24.0. The van der Waals surface area contributed by atoms with Gasteiger partial charge in [-0.3, -0.25) is 9.59 Å². The van der Waals surface area contributed by atoms with Crippen LogP contribution in [0.4, 0.5) is 0 Å². The molecule has 0 aliphatic heterocycles. The third-order valence-electron chi connectivity index (χ3n) is 9.92. The molecule has 0 radical (unpaired) electrons. The van der Waals surface area contributed by atoms with Gasteiger partial charge in [-0.25, -0.2) is 4.79 Å². The number of Topliss-reactive ketones (excluding diaryl/α,β-unsaturated/α-hetero) is 1. The van der Waals surface area contributed by atoms with E-state index in [4.69, 9.17) is 14.2 Å². The number of esters is 2. The van der Waals surface area contributed by atoms with Gasteiger partial charge in [0, 0.05) is 32.8 Å². The van der Waals surface area contributed by atoms with Crippen molar-refractivity contribution in [3.05, 3.63) is 11.6 Å². The van der Waals surface area contributed by atoms with Crippen LogP contribution in [-0.4, -0.2) is 44.1 Å². The highest BCUT2D eigenvalue weighted by Crippen LogP contribution is 2.66. The van der Waals surface area contributed by atoms with Crippen molar-refractivity contribution in [2.24, 2.45) is 34.5 Å². The van der Waals surface area contributed by atoms with Crippen molar-refractivity contribution < 1.29 is 28.6 Å². The number of methoxy groups -OCH3 is 2. The standard InChI is InChI=1S/C27H40O6/c1-16(28)33-18-10-12-26(2)17(14-18)6-7-19-20-8-9-22(27(20,3)13-11-21(19)26)23(29)15-24(31-4)25(30)32-5/h6,18-22,24H,7-15H2,1-5H3/t18-,19-,20-,21-,22+,24-,26-,27-/m0/s1. The number of rotatable bonds is 6. The average molecular weight is 461 g/mol. The SMILES string of the molecule is COC(=O)[C@H](CC(=O)[C@H]1CC[C@H]2[C@@H]3CC=C4C[C@@H](OC(C)=O)CC[C@]4(C)[C@H]3CC[C@]12C)OC. The second-order valence-electron chi connectivity index (χ2n) is 11.3. The number of hydrogen-bond donors (Lipinski definition) is 0. The van der Waals surface area contributed by atoms with Crippen LogP contribution in [0, 0.1) is 34.5 Å². The first-order chi connectivity index (χ1) is 15.6. The molecule has 0 spiro atoms. The van der Waals surface area contributed by atoms with Gasteiger partial charge in [0.05, 0.1) is 7.11 Å². The van der Waals surface area contributed by atoms with E-state index in [1.807, 2.05) is 0 Å². The number of carbonyl (C=O) groups is 3. The third-order valence-corrected chi connectivity index (χ3v) is 9.92. The zero-order valence-corrected chi connectivity index (χ0v) is 20.9. The summed E-state index contributed by atoms with van der Waals surface area (Å²) >= 11 is 0. The van der Waals surface area contributed by atoms with Gasteiger partial charge in [-0.2, -0.15) is 0 Å². The van der Waals surface area contributed by atoms with Crippen LogP contribution >= 0.6 is 0 Å². The molecule has 8 atom stereocenters. The predicted octanol–water partition coefficient (Wildman–Crippen LogP) is 4.64. The van der Waals surface area contributed by atoms with E-state index >= 15 is 0 Å². The molecule has 4 aliphatic carbocycles. The van der Waals surface area contributed by atoms with Crippen molar-refractivity contribution in [3.8, 4) is 0 Å². The number of hydrogen-bond acceptors (Lipinski definition) is 6. The Labute approximate surface area is 197 Å². The third kappa shape index (κ3) is 4.17. The van der Waals surface area contributed by atoms with Crippen LogP contribution in [0.25, 0.3) is 0 Å². The summed E-state index contributed by atoms with van der Waals surface area (Å²) in [7, 11) is 2.79. The molecule has 0 unspecified atom stereocenters. The van der Waals surface area contributed by atoms with Gasteiger partial charge >= 0.3 is 11.9 Å². The van der Waals surface area contributed by atoms with Crippen LogP contribution in [0.2, 0.25) is 0 Å². The summed E-state index contributed by atoms with van der Waals surface area (Å²) in [5.74, 6) is 1.24. The minimum absolute atomic E-state index is 0.0105. The Morgan fingerprint density at radius 3 is 2.48 bits per heavy atom. The molecule has 0 aromatic heterocycles. The molecule has 0 amide bonds. The van der Waals surface area contributed by atoms with Crippen LogP contribution in [0.5, 0.6) is 0 Å². The molecular formula is C27H40O6. The molecule has 0 aromatic rings. The molecule has 0 bridgehead atoms. The number of allylic oxidation sites excluding steroid dienone is 1. The monoisotopic (exact) mass is 460 g/mol. The highest BCUT2D eigenvalue weighted by molar-refractivity contribution is 5.88. The van der Waals surface area contributed by atoms with Crippen molar-refractivity contribution >= 4 is 17.7 Å². The first-order valence-electron chi connectivity index (χ1n) is 12.6. The summed E-state index contributed by atoms with van der Waals surface area (Å²) in [4.78, 5) is 36.8. The van der Waals surface area contributed by atoms with E-state index in [1.54, 1.807) is 0 Å². The van der Waals surface area contributed by atoms with Gasteiger partial charge in [-0.05, 0) is 73.5 Å². The van der Waals surface area contributed by atoms with E-state index in [0.717, 1.165) is 51.4 Å². The van der Waals surface area contributed by atoms with Crippen molar-refractivity contribution in [1.29, 1.82) is 0 Å². The van der Waals surface area contributed by atoms with Crippen LogP contribution in [0.15, 0.2) is 11.6 Å². The van der Waals surface area contributed by atoms with Crippen molar-refractivity contribution in [2.75, 3.05) is 14.2 Å². The Hall–Kier alpha value is -1.69. The second kappa shape index (κ2) is 9.16. The second-order valence-corrected chi connectivity index (χ2v) is 11.3. The van der Waals surface area contributed by atoms with Crippen LogP contribution in [0.1, 0.15) is 78.6 Å². The Morgan fingerprint density at radius 2 is 1.82 bits per heavy atom. The van der Waals surface area contributed by atoms with E-state index in [9.17, 15) is 14.4 Å². The van der Waals surface area contributed by atoms with E-state index in [0.29, 0.717) is 17.8 Å². The first kappa shape index (κ1) is 24.4. The van der Waals surface area contributed by atoms with E-state index in [2.05, 4.69) is 19.9 Å². The summed E-state index contributed by atoms with van der Waals surface area (Å²) in [6, 6.07) is 0. The van der Waals surface area contributed by atoms with Crippen LogP contribution < -0.4 is 0 Å². The van der Waals surface area contributed by atoms with Gasteiger partial charge in [-0.1, -0.05) is 25.5 Å². The van der Waals surface area contributed by atoms with E-state index in [1.165, 1.54) is 26.7 Å². The summed E-state index contributed by atoms with van der Waals surface area (Å²) in [5, 5.41) is 0. The van der Waals surface area contributed by atoms with Gasteiger partial charge in [0.2, 0.25) is 0 Å². The number of ketones is 1. The largest absolute Gasteiger partial charge is 0.467 e. The first-order valence-corrected chi connectivity index (χ1v) is 12.6. The Kier molecular flexibility index (Phi) is 6.78. The summed E-state index contributed by atoms with van der Waals surface area (Å²) < 4.78 is 15.6. The van der Waals surface area contributed by atoms with Crippen LogP contribution in [-0.2, 0) is 28.6 Å². The van der Waals surface area contributed by atoms with Gasteiger partial charge in [0.15, 0.2) is 6.10 Å². The molecule has 6 nitrogen and oxygen atoms in total. The molecule has 0 aromatic carbocycles. The average Bonchev–Trinajstić information content (AvgIpc) is 3.14. The minimum atomic E-state index is -0.812. The van der Waals surface area contributed by atoms with E-state index in [-0.39, 0.29) is 41.0 Å². The number of ether oxygens (including phenoxy) is 3. The van der Waals surface area contributed by atoms with Crippen molar-refractivity contribution in [2.45, 2.75) is 90.8 Å². The lowest BCUT2D eigenvalue weighted by Gasteiger charge is -2.58. The molecule has 184 valence electrons. The molecule has 4 rings (SSSR count). The fourth-order valence-corrected chi connectivity index (χ4v) is 8.21. The lowest BCUT2D eigenvalue weighted by molar-refractivity contribution is -0.155. The molecule has 6 heteroatoms. The molecule has 0 N–H and O–H groups in total. The Morgan fingerprint density at radius 1 is 1.06 bits per heavy atom. The lowest BCUT2D eigenvalue weighted by Crippen LogP contribution is -2.51. The minimum Gasteiger partial charge on any atom is -0.467 e. The zero-order valence-electron chi connectivity index (χ0n) is 20.9. The normalized spacial score (nSPS) is 40.5. The maximum absolute atomic E-state index is 13.3. The summed E-state index contributed by atoms with van der Waals surface area (Å²) in [5.41, 5.74) is 1.65. The van der Waals surface area contributed by atoms with Crippen molar-refractivity contribution in [3.63, 3.8) is 0 Å². The van der Waals surface area contributed by atoms with Crippen molar-refractivity contribution in [1.82, 2.24) is 0 Å². The molecule has 4 aliphatic rings. The lowest BCUT2D eigenvalue weighted by atomic mass is 9.47. The molecule has 0 saturated heterocycles. The topological polar surface area (TPSA) is 78.9 Å². The van der Waals surface area contributed by atoms with E-state index < -0.39 is 12.1 Å². The molecule has 3 fully saturated rings. The predicted molar refractivity (Wildman–Crippen MR) is 123 cm³/mol. The Bertz CT molecular complexity index is 832. The summed E-state index contributed by atoms with van der Waals surface area (Å²) in [6.45, 7) is 6.25. The highest BCUT2D eigenvalue weighted by Gasteiger charge is 2.60. The van der Waals surface area contributed by atoms with Gasteiger partial charge in [-0.15, -0.1) is 0 Å². The van der Waals surface area contributed by atoms with Gasteiger partial charge in [0.25, 0.3) is 0 Å². The molecule has 33 heavy (non-hydrogen) atoms.